The minimum Gasteiger partial charge on any atom is -0.341 e. The first kappa shape index (κ1) is 19.2. The van der Waals surface area contributed by atoms with E-state index in [9.17, 15) is 9.59 Å². The maximum atomic E-state index is 12.5. The van der Waals surface area contributed by atoms with E-state index in [-0.39, 0.29) is 11.9 Å². The standard InChI is InChI=1S/C21H28N4O2/c22-16-18-6-9-19(10-7-18)23-21(27)25-13-3-12-24(14-15-25)20(26)11-8-17-4-1-2-5-17/h6-7,9-10,17H,1-5,8,11-15H2,(H,23,27). The van der Waals surface area contributed by atoms with Gasteiger partial charge in [-0.2, -0.15) is 5.26 Å². The molecule has 1 aliphatic carbocycles. The van der Waals surface area contributed by atoms with Crippen LogP contribution in [0.4, 0.5) is 10.5 Å². The van der Waals surface area contributed by atoms with Crippen molar-refractivity contribution in [1.82, 2.24) is 9.80 Å². The molecular weight excluding hydrogens is 340 g/mol. The van der Waals surface area contributed by atoms with Crippen LogP contribution in [0, 0.1) is 17.2 Å². The Balaban J connectivity index is 1.45. The normalized spacial score (nSPS) is 18.0. The molecule has 6 nitrogen and oxygen atoms in total. The highest BCUT2D eigenvalue weighted by molar-refractivity contribution is 5.89. The fraction of sp³-hybridized carbons (Fsp3) is 0.571. The predicted molar refractivity (Wildman–Crippen MR) is 104 cm³/mol. The predicted octanol–water partition coefficient (Wildman–Crippen LogP) is 3.59. The van der Waals surface area contributed by atoms with Gasteiger partial charge in [0.2, 0.25) is 5.91 Å². The summed E-state index contributed by atoms with van der Waals surface area (Å²) in [5.41, 5.74) is 1.24. The van der Waals surface area contributed by atoms with E-state index in [0.717, 1.165) is 25.3 Å². The second-order valence-electron chi connectivity index (χ2n) is 7.53. The van der Waals surface area contributed by atoms with E-state index in [0.29, 0.717) is 37.3 Å². The fourth-order valence-electron chi connectivity index (χ4n) is 3.99. The highest BCUT2D eigenvalue weighted by atomic mass is 16.2. The summed E-state index contributed by atoms with van der Waals surface area (Å²) in [5, 5.41) is 11.7. The van der Waals surface area contributed by atoms with Crippen LogP contribution in [-0.4, -0.2) is 47.9 Å². The molecule has 2 fully saturated rings. The number of hydrogen-bond acceptors (Lipinski definition) is 3. The SMILES string of the molecule is N#Cc1ccc(NC(=O)N2CCCN(C(=O)CCC3CCCC3)CC2)cc1. The van der Waals surface area contributed by atoms with Crippen molar-refractivity contribution in [3.05, 3.63) is 29.8 Å². The van der Waals surface area contributed by atoms with Crippen molar-refractivity contribution in [3.8, 4) is 6.07 Å². The number of carbonyl (C=O) groups excluding carboxylic acids is 2. The molecule has 3 rings (SSSR count). The summed E-state index contributed by atoms with van der Waals surface area (Å²) in [5.74, 6) is 0.965. The highest BCUT2D eigenvalue weighted by Crippen LogP contribution is 2.28. The van der Waals surface area contributed by atoms with Gasteiger partial charge < -0.3 is 15.1 Å². The second-order valence-corrected chi connectivity index (χ2v) is 7.53. The molecule has 1 N–H and O–H groups in total. The van der Waals surface area contributed by atoms with Crippen LogP contribution in [0.2, 0.25) is 0 Å². The van der Waals surface area contributed by atoms with Crippen molar-refractivity contribution >= 4 is 17.6 Å². The van der Waals surface area contributed by atoms with Crippen LogP contribution in [0.5, 0.6) is 0 Å². The van der Waals surface area contributed by atoms with Gasteiger partial charge in [-0.3, -0.25) is 4.79 Å². The lowest BCUT2D eigenvalue weighted by Crippen LogP contribution is -2.39. The maximum absolute atomic E-state index is 12.5. The molecule has 1 aromatic carbocycles. The van der Waals surface area contributed by atoms with Crippen LogP contribution < -0.4 is 5.32 Å². The first-order valence-electron chi connectivity index (χ1n) is 9.99. The number of anilines is 1. The third kappa shape index (κ3) is 5.46. The number of nitrogens with one attached hydrogen (secondary N) is 1. The zero-order valence-electron chi connectivity index (χ0n) is 15.8. The van der Waals surface area contributed by atoms with E-state index in [2.05, 4.69) is 11.4 Å². The van der Waals surface area contributed by atoms with Gasteiger partial charge in [0, 0.05) is 38.3 Å². The molecule has 0 atom stereocenters. The summed E-state index contributed by atoms with van der Waals surface area (Å²) < 4.78 is 0. The second kappa shape index (κ2) is 9.40. The highest BCUT2D eigenvalue weighted by Gasteiger charge is 2.23. The molecule has 0 aromatic heterocycles. The summed E-state index contributed by atoms with van der Waals surface area (Å²) in [7, 11) is 0. The number of nitriles is 1. The zero-order valence-corrected chi connectivity index (χ0v) is 15.8. The average Bonchev–Trinajstić information content (AvgIpc) is 3.09. The third-order valence-electron chi connectivity index (χ3n) is 5.64. The van der Waals surface area contributed by atoms with E-state index in [1.807, 2.05) is 4.90 Å². The molecule has 0 unspecified atom stereocenters. The van der Waals surface area contributed by atoms with Crippen molar-refractivity contribution in [2.45, 2.75) is 44.9 Å². The Morgan fingerprint density at radius 1 is 1.00 bits per heavy atom. The minimum atomic E-state index is -0.153. The monoisotopic (exact) mass is 368 g/mol. The summed E-state index contributed by atoms with van der Waals surface area (Å²) in [4.78, 5) is 28.7. The van der Waals surface area contributed by atoms with Crippen molar-refractivity contribution in [1.29, 1.82) is 5.26 Å². The number of rotatable bonds is 4. The van der Waals surface area contributed by atoms with Gasteiger partial charge in [-0.15, -0.1) is 0 Å². The summed E-state index contributed by atoms with van der Waals surface area (Å²) in [6.07, 6.45) is 7.63. The van der Waals surface area contributed by atoms with E-state index in [1.54, 1.807) is 29.2 Å². The van der Waals surface area contributed by atoms with Gasteiger partial charge in [-0.1, -0.05) is 25.7 Å². The van der Waals surface area contributed by atoms with Gasteiger partial charge in [0.15, 0.2) is 0 Å². The van der Waals surface area contributed by atoms with Crippen molar-refractivity contribution < 1.29 is 9.59 Å². The molecule has 0 bridgehead atoms. The van der Waals surface area contributed by atoms with Gasteiger partial charge in [-0.25, -0.2) is 4.79 Å². The average molecular weight is 368 g/mol. The molecule has 0 radical (unpaired) electrons. The van der Waals surface area contributed by atoms with Gasteiger partial charge >= 0.3 is 6.03 Å². The quantitative estimate of drug-likeness (QED) is 0.882. The Morgan fingerprint density at radius 2 is 1.67 bits per heavy atom. The number of urea groups is 1. The molecule has 1 heterocycles. The van der Waals surface area contributed by atoms with Crippen molar-refractivity contribution in [2.24, 2.45) is 5.92 Å². The Bertz CT molecular complexity index is 689. The number of hydrogen-bond donors (Lipinski definition) is 1. The summed E-state index contributed by atoms with van der Waals surface area (Å²) >= 11 is 0. The van der Waals surface area contributed by atoms with Crippen LogP contribution in [-0.2, 0) is 4.79 Å². The Labute approximate surface area is 161 Å². The van der Waals surface area contributed by atoms with Gasteiger partial charge in [0.25, 0.3) is 0 Å². The van der Waals surface area contributed by atoms with Crippen LogP contribution in [0.25, 0.3) is 0 Å². The van der Waals surface area contributed by atoms with E-state index < -0.39 is 0 Å². The lowest BCUT2D eigenvalue weighted by Gasteiger charge is -2.23. The molecular formula is C21H28N4O2. The van der Waals surface area contributed by atoms with E-state index in [1.165, 1.54) is 25.7 Å². The molecule has 144 valence electrons. The van der Waals surface area contributed by atoms with Crippen LogP contribution >= 0.6 is 0 Å². The third-order valence-corrected chi connectivity index (χ3v) is 5.64. The molecule has 1 saturated heterocycles. The number of carbonyl (C=O) groups is 2. The van der Waals surface area contributed by atoms with Gasteiger partial charge in [0.1, 0.15) is 0 Å². The smallest absolute Gasteiger partial charge is 0.321 e. The molecule has 1 aliphatic heterocycles. The van der Waals surface area contributed by atoms with Crippen LogP contribution in [0.1, 0.15) is 50.5 Å². The van der Waals surface area contributed by atoms with Crippen molar-refractivity contribution in [2.75, 3.05) is 31.5 Å². The largest absolute Gasteiger partial charge is 0.341 e. The molecule has 6 heteroatoms. The molecule has 2 aliphatic rings. The first-order valence-corrected chi connectivity index (χ1v) is 9.99. The number of amides is 3. The number of nitrogens with zero attached hydrogens (tertiary/aromatic N) is 3. The topological polar surface area (TPSA) is 76.4 Å². The molecule has 0 spiro atoms. The first-order chi connectivity index (χ1) is 13.2. The van der Waals surface area contributed by atoms with Gasteiger partial charge in [0.05, 0.1) is 11.6 Å². The van der Waals surface area contributed by atoms with Crippen LogP contribution in [0.3, 0.4) is 0 Å². The Kier molecular flexibility index (Phi) is 6.69. The van der Waals surface area contributed by atoms with Gasteiger partial charge in [-0.05, 0) is 43.0 Å². The maximum Gasteiger partial charge on any atom is 0.321 e. The summed E-state index contributed by atoms with van der Waals surface area (Å²) in [6.45, 7) is 2.53. The Morgan fingerprint density at radius 3 is 2.37 bits per heavy atom. The lowest BCUT2D eigenvalue weighted by atomic mass is 10.0. The van der Waals surface area contributed by atoms with E-state index in [4.69, 9.17) is 5.26 Å². The summed E-state index contributed by atoms with van der Waals surface area (Å²) in [6, 6.07) is 8.73. The molecule has 27 heavy (non-hydrogen) atoms. The molecule has 1 aromatic rings. The number of benzene rings is 1. The lowest BCUT2D eigenvalue weighted by molar-refractivity contribution is -0.131. The fourth-order valence-corrected chi connectivity index (χ4v) is 3.99. The molecule has 1 saturated carbocycles. The Hall–Kier alpha value is -2.55. The van der Waals surface area contributed by atoms with Crippen molar-refractivity contribution in [3.63, 3.8) is 0 Å². The van der Waals surface area contributed by atoms with Crippen LogP contribution in [0.15, 0.2) is 24.3 Å². The zero-order chi connectivity index (χ0) is 19.1. The molecule has 3 amide bonds. The van der Waals surface area contributed by atoms with E-state index >= 15 is 0 Å². The minimum absolute atomic E-state index is 0.153.